The third-order valence-electron chi connectivity index (χ3n) is 2.51. The van der Waals surface area contributed by atoms with E-state index in [0.717, 1.165) is 0 Å². The number of rotatable bonds is 3. The number of nitrogens with two attached hydrogens (primary N) is 1. The molecule has 2 N–H and O–H groups in total. The molecule has 0 aliphatic carbocycles. The van der Waals surface area contributed by atoms with Crippen molar-refractivity contribution in [1.82, 2.24) is 0 Å². The zero-order valence-electron chi connectivity index (χ0n) is 10.2. The van der Waals surface area contributed by atoms with Crippen LogP contribution < -0.4 is 5.73 Å². The van der Waals surface area contributed by atoms with Crippen LogP contribution in [0.3, 0.4) is 0 Å². The van der Waals surface area contributed by atoms with E-state index in [1.807, 2.05) is 0 Å². The van der Waals surface area contributed by atoms with Gasteiger partial charge < -0.3 is 10.5 Å². The van der Waals surface area contributed by atoms with E-state index in [-0.39, 0.29) is 18.0 Å². The molecule has 0 aliphatic rings. The lowest BCUT2D eigenvalue weighted by atomic mass is 10.2. The van der Waals surface area contributed by atoms with Crippen LogP contribution in [0.25, 0.3) is 0 Å². The number of benzene rings is 2. The lowest BCUT2D eigenvalue weighted by molar-refractivity contribution is 0.0472. The number of ether oxygens (including phenoxy) is 1. The number of carbonyl (C=O) groups excluding carboxylic acids is 1. The summed E-state index contributed by atoms with van der Waals surface area (Å²) in [5.41, 5.74) is 6.93. The Morgan fingerprint density at radius 3 is 2.70 bits per heavy atom. The summed E-state index contributed by atoms with van der Waals surface area (Å²) in [5.74, 6) is -0.915. The normalized spacial score (nSPS) is 10.3. The maximum atomic E-state index is 13.1. The fourth-order valence-electron chi connectivity index (χ4n) is 1.59. The maximum Gasteiger partial charge on any atom is 0.338 e. The summed E-state index contributed by atoms with van der Waals surface area (Å²) in [6.07, 6.45) is 0. The van der Waals surface area contributed by atoms with E-state index >= 15 is 0 Å². The Labute approximate surface area is 128 Å². The van der Waals surface area contributed by atoms with E-state index in [0.29, 0.717) is 20.7 Å². The molecule has 0 atom stereocenters. The Morgan fingerprint density at radius 2 is 2.05 bits per heavy atom. The van der Waals surface area contributed by atoms with Crippen LogP contribution in [-0.4, -0.2) is 5.97 Å². The largest absolute Gasteiger partial charge is 0.457 e. The SMILES string of the molecule is Nc1cc(Cl)cc(C(=O)OCc2ccc(F)c(Br)c2)c1. The van der Waals surface area contributed by atoms with Crippen molar-refractivity contribution >= 4 is 39.2 Å². The average Bonchev–Trinajstić information content (AvgIpc) is 2.38. The first-order chi connectivity index (χ1) is 9.45. The second-order valence-electron chi connectivity index (χ2n) is 4.10. The van der Waals surface area contributed by atoms with Crippen LogP contribution in [0.2, 0.25) is 5.02 Å². The fraction of sp³-hybridized carbons (Fsp3) is 0.0714. The van der Waals surface area contributed by atoms with Crippen molar-refractivity contribution in [2.45, 2.75) is 6.61 Å². The van der Waals surface area contributed by atoms with Crippen LogP contribution in [0.15, 0.2) is 40.9 Å². The molecule has 2 aromatic carbocycles. The molecule has 0 aromatic heterocycles. The molecule has 0 saturated carbocycles. The summed E-state index contributed by atoms with van der Waals surface area (Å²) in [6, 6.07) is 8.88. The molecule has 2 rings (SSSR count). The van der Waals surface area contributed by atoms with Crippen LogP contribution in [0.4, 0.5) is 10.1 Å². The fourth-order valence-corrected chi connectivity index (χ4v) is 2.26. The summed E-state index contributed by atoms with van der Waals surface area (Å²) < 4.78 is 18.5. The van der Waals surface area contributed by atoms with Crippen molar-refractivity contribution in [3.63, 3.8) is 0 Å². The third-order valence-corrected chi connectivity index (χ3v) is 3.34. The van der Waals surface area contributed by atoms with Crippen LogP contribution in [0.1, 0.15) is 15.9 Å². The zero-order chi connectivity index (χ0) is 14.7. The molecule has 0 heterocycles. The molecule has 0 unspecified atom stereocenters. The molecular weight excluding hydrogens is 349 g/mol. The molecular formula is C14H10BrClFNO2. The average molecular weight is 359 g/mol. The van der Waals surface area contributed by atoms with Gasteiger partial charge in [-0.2, -0.15) is 0 Å². The Kier molecular flexibility index (Phi) is 4.62. The molecule has 2 aromatic rings. The smallest absolute Gasteiger partial charge is 0.338 e. The standard InChI is InChI=1S/C14H10BrClFNO2/c15-12-3-8(1-2-13(12)17)7-20-14(19)9-4-10(16)6-11(18)5-9/h1-6H,7,18H2. The van der Waals surface area contributed by atoms with Gasteiger partial charge in [-0.3, -0.25) is 0 Å². The van der Waals surface area contributed by atoms with Gasteiger partial charge in [-0.25, -0.2) is 9.18 Å². The summed E-state index contributed by atoms with van der Waals surface area (Å²) in [7, 11) is 0. The second-order valence-corrected chi connectivity index (χ2v) is 5.39. The predicted molar refractivity (Wildman–Crippen MR) is 79.1 cm³/mol. The van der Waals surface area contributed by atoms with Crippen molar-refractivity contribution < 1.29 is 13.9 Å². The monoisotopic (exact) mass is 357 g/mol. The van der Waals surface area contributed by atoms with Gasteiger partial charge in [0, 0.05) is 10.7 Å². The van der Waals surface area contributed by atoms with Gasteiger partial charge in [-0.05, 0) is 51.8 Å². The molecule has 0 bridgehead atoms. The Hall–Kier alpha value is -1.59. The molecule has 0 fully saturated rings. The van der Waals surface area contributed by atoms with Gasteiger partial charge in [0.1, 0.15) is 12.4 Å². The maximum absolute atomic E-state index is 13.1. The highest BCUT2D eigenvalue weighted by Crippen LogP contribution is 2.19. The van der Waals surface area contributed by atoms with E-state index in [4.69, 9.17) is 22.1 Å². The Morgan fingerprint density at radius 1 is 1.30 bits per heavy atom. The van der Waals surface area contributed by atoms with Crippen molar-refractivity contribution in [1.29, 1.82) is 0 Å². The van der Waals surface area contributed by atoms with Gasteiger partial charge >= 0.3 is 5.97 Å². The molecule has 0 radical (unpaired) electrons. The van der Waals surface area contributed by atoms with Crippen LogP contribution >= 0.6 is 27.5 Å². The van der Waals surface area contributed by atoms with Crippen LogP contribution in [0.5, 0.6) is 0 Å². The molecule has 0 amide bonds. The first-order valence-corrected chi connectivity index (χ1v) is 6.80. The number of carbonyl (C=O) groups is 1. The highest BCUT2D eigenvalue weighted by atomic mass is 79.9. The Bertz CT molecular complexity index is 643. The van der Waals surface area contributed by atoms with Crippen molar-refractivity contribution in [2.75, 3.05) is 5.73 Å². The first-order valence-electron chi connectivity index (χ1n) is 5.63. The highest BCUT2D eigenvalue weighted by Gasteiger charge is 2.10. The van der Waals surface area contributed by atoms with Gasteiger partial charge in [-0.1, -0.05) is 17.7 Å². The van der Waals surface area contributed by atoms with Gasteiger partial charge in [0.05, 0.1) is 10.0 Å². The molecule has 0 spiro atoms. The number of nitrogen functional groups attached to an aromatic ring is 1. The quantitative estimate of drug-likeness (QED) is 0.661. The van der Waals surface area contributed by atoms with E-state index < -0.39 is 5.97 Å². The Balaban J connectivity index is 2.06. The van der Waals surface area contributed by atoms with Crippen molar-refractivity contribution in [3.05, 3.63) is 62.8 Å². The van der Waals surface area contributed by atoms with E-state index in [1.54, 1.807) is 12.1 Å². The first kappa shape index (κ1) is 14.8. The van der Waals surface area contributed by atoms with E-state index in [9.17, 15) is 9.18 Å². The minimum atomic E-state index is -0.542. The molecule has 6 heteroatoms. The number of anilines is 1. The molecule has 104 valence electrons. The van der Waals surface area contributed by atoms with Gasteiger partial charge in [0.25, 0.3) is 0 Å². The summed E-state index contributed by atoms with van der Waals surface area (Å²) in [5, 5.41) is 0.362. The minimum Gasteiger partial charge on any atom is -0.457 e. The molecule has 0 saturated heterocycles. The number of hydrogen-bond donors (Lipinski definition) is 1. The topological polar surface area (TPSA) is 52.3 Å². The molecule has 20 heavy (non-hydrogen) atoms. The van der Waals surface area contributed by atoms with Crippen LogP contribution in [0, 0.1) is 5.82 Å². The number of esters is 1. The number of halogens is 3. The molecule has 3 nitrogen and oxygen atoms in total. The van der Waals surface area contributed by atoms with Gasteiger partial charge in [0.15, 0.2) is 0 Å². The van der Waals surface area contributed by atoms with E-state index in [1.165, 1.54) is 24.3 Å². The predicted octanol–water partition coefficient (Wildman–Crippen LogP) is 4.18. The lowest BCUT2D eigenvalue weighted by Crippen LogP contribution is -2.06. The van der Waals surface area contributed by atoms with Gasteiger partial charge in [0.2, 0.25) is 0 Å². The van der Waals surface area contributed by atoms with E-state index in [2.05, 4.69) is 15.9 Å². The molecule has 0 aliphatic heterocycles. The third kappa shape index (κ3) is 3.71. The van der Waals surface area contributed by atoms with Crippen LogP contribution in [-0.2, 0) is 11.3 Å². The summed E-state index contributed by atoms with van der Waals surface area (Å²) in [4.78, 5) is 11.9. The number of hydrogen-bond acceptors (Lipinski definition) is 3. The van der Waals surface area contributed by atoms with Crippen molar-refractivity contribution in [2.24, 2.45) is 0 Å². The van der Waals surface area contributed by atoms with Crippen molar-refractivity contribution in [3.8, 4) is 0 Å². The summed E-state index contributed by atoms with van der Waals surface area (Å²) in [6.45, 7) is 0.0319. The van der Waals surface area contributed by atoms with Gasteiger partial charge in [-0.15, -0.1) is 0 Å². The lowest BCUT2D eigenvalue weighted by Gasteiger charge is -2.07. The zero-order valence-corrected chi connectivity index (χ0v) is 12.5. The highest BCUT2D eigenvalue weighted by molar-refractivity contribution is 9.10. The minimum absolute atomic E-state index is 0.0319. The second kappa shape index (κ2) is 6.24. The summed E-state index contributed by atoms with van der Waals surface area (Å²) >= 11 is 8.88.